The second-order valence-electron chi connectivity index (χ2n) is 3.13. The highest BCUT2D eigenvalue weighted by atomic mass is 32.1. The van der Waals surface area contributed by atoms with E-state index in [2.05, 4.69) is 17.9 Å². The zero-order valence-corrected chi connectivity index (χ0v) is 10.1. The highest BCUT2D eigenvalue weighted by Crippen LogP contribution is 2.09. The Morgan fingerprint density at radius 2 is 2.13 bits per heavy atom. The Kier molecular flexibility index (Phi) is 7.13. The van der Waals surface area contributed by atoms with Gasteiger partial charge in [-0.25, -0.2) is 4.79 Å². The van der Waals surface area contributed by atoms with Crippen LogP contribution in [0.4, 0.5) is 0 Å². The molecule has 0 fully saturated rings. The third-order valence-corrected chi connectivity index (χ3v) is 2.18. The molecule has 0 aliphatic heterocycles. The van der Waals surface area contributed by atoms with Crippen molar-refractivity contribution in [3.8, 4) is 0 Å². The van der Waals surface area contributed by atoms with E-state index in [1.165, 1.54) is 0 Å². The predicted molar refractivity (Wildman–Crippen MR) is 61.5 cm³/mol. The van der Waals surface area contributed by atoms with Crippen molar-refractivity contribution in [1.82, 2.24) is 5.32 Å². The Morgan fingerprint density at radius 3 is 2.47 bits per heavy atom. The number of rotatable bonds is 7. The van der Waals surface area contributed by atoms with Crippen LogP contribution in [-0.2, 0) is 14.3 Å². The summed E-state index contributed by atoms with van der Waals surface area (Å²) < 4.78 is 5.29. The van der Waals surface area contributed by atoms with Gasteiger partial charge in [-0.2, -0.15) is 0 Å². The normalized spacial score (nSPS) is 13.9. The van der Waals surface area contributed by atoms with Crippen molar-refractivity contribution in [2.24, 2.45) is 0 Å². The number of carbonyl (C=O) groups excluding carboxylic acids is 2. The number of nitrogens with one attached hydrogen (secondary N) is 1. The van der Waals surface area contributed by atoms with Crippen LogP contribution in [0, 0.1) is 0 Å². The smallest absolute Gasteiger partial charge is 0.211 e. The summed E-state index contributed by atoms with van der Waals surface area (Å²) in [5.41, 5.74) is 0. The second-order valence-corrected chi connectivity index (χ2v) is 3.57. The van der Waals surface area contributed by atoms with Gasteiger partial charge >= 0.3 is 0 Å². The second kappa shape index (κ2) is 7.51. The van der Waals surface area contributed by atoms with Crippen LogP contribution in [0.5, 0.6) is 0 Å². The monoisotopic (exact) mass is 231 g/mol. The summed E-state index contributed by atoms with van der Waals surface area (Å²) in [6, 6.07) is -0.801. The van der Waals surface area contributed by atoms with Crippen molar-refractivity contribution in [1.29, 1.82) is 0 Å². The van der Waals surface area contributed by atoms with Crippen LogP contribution in [0.1, 0.15) is 27.2 Å². The molecule has 0 radical (unpaired) electrons. The van der Waals surface area contributed by atoms with Gasteiger partial charge in [0.15, 0.2) is 5.94 Å². The molecule has 1 unspecified atom stereocenters. The molecule has 2 atom stereocenters. The molecule has 0 spiro atoms. The van der Waals surface area contributed by atoms with Crippen molar-refractivity contribution in [3.05, 3.63) is 5.76 Å². The first-order valence-corrected chi connectivity index (χ1v) is 5.39. The van der Waals surface area contributed by atoms with Crippen molar-refractivity contribution in [2.45, 2.75) is 39.3 Å². The maximum Gasteiger partial charge on any atom is 0.211 e. The lowest BCUT2D eigenvalue weighted by Crippen LogP contribution is -2.38. The minimum Gasteiger partial charge on any atom is -0.482 e. The van der Waals surface area contributed by atoms with Crippen molar-refractivity contribution in [2.75, 3.05) is 6.54 Å². The van der Waals surface area contributed by atoms with Crippen LogP contribution in [-0.4, -0.2) is 29.7 Å². The fraction of sp³-hybridized carbons (Fsp3) is 0.700. The molecule has 0 aromatic rings. The molecule has 5 heteroatoms. The Labute approximate surface area is 95.5 Å². The van der Waals surface area contributed by atoms with Gasteiger partial charge < -0.3 is 10.1 Å². The molecule has 0 aliphatic carbocycles. The van der Waals surface area contributed by atoms with Gasteiger partial charge in [0.1, 0.15) is 6.04 Å². The summed E-state index contributed by atoms with van der Waals surface area (Å²) in [6.07, 6.45) is 0.639. The van der Waals surface area contributed by atoms with Gasteiger partial charge in [-0.15, -0.1) is 12.6 Å². The fourth-order valence-electron chi connectivity index (χ4n) is 0.947. The van der Waals surface area contributed by atoms with E-state index in [0.29, 0.717) is 6.54 Å². The first kappa shape index (κ1) is 14.2. The van der Waals surface area contributed by atoms with E-state index in [1.807, 2.05) is 20.8 Å². The lowest BCUT2D eigenvalue weighted by atomic mass is 10.2. The molecule has 0 bridgehead atoms. The van der Waals surface area contributed by atoms with Crippen LogP contribution in [0.3, 0.4) is 0 Å². The summed E-state index contributed by atoms with van der Waals surface area (Å²) in [6.45, 7) is 6.13. The van der Waals surface area contributed by atoms with E-state index in [-0.39, 0.29) is 11.9 Å². The molecule has 1 N–H and O–H groups in total. The highest BCUT2D eigenvalue weighted by Gasteiger charge is 2.23. The molecule has 0 saturated heterocycles. The van der Waals surface area contributed by atoms with Crippen molar-refractivity contribution < 1.29 is 14.3 Å². The maximum atomic E-state index is 11.1. The molecule has 0 rings (SSSR count). The van der Waals surface area contributed by atoms with E-state index in [1.54, 1.807) is 5.94 Å². The van der Waals surface area contributed by atoms with E-state index >= 15 is 0 Å². The highest BCUT2D eigenvalue weighted by molar-refractivity contribution is 7.96. The summed E-state index contributed by atoms with van der Waals surface area (Å²) in [5.74, 6) is 1.62. The van der Waals surface area contributed by atoms with E-state index in [9.17, 15) is 9.59 Å². The van der Waals surface area contributed by atoms with Crippen LogP contribution in [0.2, 0.25) is 0 Å². The van der Waals surface area contributed by atoms with Gasteiger partial charge in [0, 0.05) is 0 Å². The van der Waals surface area contributed by atoms with Gasteiger partial charge in [0.2, 0.25) is 10.9 Å². The van der Waals surface area contributed by atoms with Crippen LogP contribution < -0.4 is 5.32 Å². The predicted octanol–water partition coefficient (Wildman–Crippen LogP) is 0.951. The standard InChI is InChI=1S/C10H17NO3S/c1-4-7(3)14-8(6-12)9(10(13)15)11-5-2/h7,9,11H,4-5H2,1-3H3,(H,13,15)/t7?,9-/m0/s1. The molecule has 0 saturated carbocycles. The summed E-state index contributed by atoms with van der Waals surface area (Å²) in [5, 5.41) is 2.37. The third-order valence-electron chi connectivity index (χ3n) is 1.92. The van der Waals surface area contributed by atoms with Crippen LogP contribution in [0.15, 0.2) is 5.76 Å². The van der Waals surface area contributed by atoms with Gasteiger partial charge in [0.25, 0.3) is 0 Å². The van der Waals surface area contributed by atoms with Crippen molar-refractivity contribution >= 4 is 23.7 Å². The minimum atomic E-state index is -0.801. The maximum absolute atomic E-state index is 11.1. The fourth-order valence-corrected chi connectivity index (χ4v) is 1.16. The van der Waals surface area contributed by atoms with Gasteiger partial charge in [-0.3, -0.25) is 4.79 Å². The number of hydrogen-bond acceptors (Lipinski definition) is 4. The van der Waals surface area contributed by atoms with Crippen molar-refractivity contribution in [3.63, 3.8) is 0 Å². The number of thiol groups is 1. The Hall–Kier alpha value is -0.770. The average Bonchev–Trinajstić information content (AvgIpc) is 2.22. The number of likely N-dealkylation sites (N-methyl/N-ethyl adjacent to an activating group) is 1. The topological polar surface area (TPSA) is 55.4 Å². The summed E-state index contributed by atoms with van der Waals surface area (Å²) in [7, 11) is 0. The molecule has 4 nitrogen and oxygen atoms in total. The molecule has 0 aliphatic rings. The SMILES string of the molecule is CCN[C@H](C(=O)S)C(=C=O)OC(C)CC. The zero-order chi connectivity index (χ0) is 11.8. The Bertz CT molecular complexity index is 261. The lowest BCUT2D eigenvalue weighted by molar-refractivity contribution is -0.112. The molecule has 0 heterocycles. The van der Waals surface area contributed by atoms with Crippen LogP contribution in [0.25, 0.3) is 0 Å². The number of ether oxygens (including phenoxy) is 1. The first-order chi connectivity index (χ1) is 7.06. The van der Waals surface area contributed by atoms with E-state index in [4.69, 9.17) is 4.74 Å². The molecule has 0 aromatic carbocycles. The zero-order valence-electron chi connectivity index (χ0n) is 9.24. The molecule has 86 valence electrons. The Balaban J connectivity index is 4.61. The largest absolute Gasteiger partial charge is 0.482 e. The molecule has 0 aromatic heterocycles. The molecule has 0 amide bonds. The third kappa shape index (κ3) is 5.02. The molecular weight excluding hydrogens is 214 g/mol. The lowest BCUT2D eigenvalue weighted by Gasteiger charge is -2.19. The van der Waals surface area contributed by atoms with E-state index < -0.39 is 11.2 Å². The average molecular weight is 231 g/mol. The molecular formula is C10H17NO3S. The quantitative estimate of drug-likeness (QED) is 0.389. The molecule has 15 heavy (non-hydrogen) atoms. The van der Waals surface area contributed by atoms with E-state index in [0.717, 1.165) is 6.42 Å². The van der Waals surface area contributed by atoms with Gasteiger partial charge in [0.05, 0.1) is 6.10 Å². The Morgan fingerprint density at radius 1 is 1.53 bits per heavy atom. The van der Waals surface area contributed by atoms with Crippen LogP contribution >= 0.6 is 12.6 Å². The minimum absolute atomic E-state index is 0.0220. The van der Waals surface area contributed by atoms with Gasteiger partial charge in [-0.1, -0.05) is 13.8 Å². The first-order valence-electron chi connectivity index (χ1n) is 4.94. The number of hydrogen-bond donors (Lipinski definition) is 2. The number of carbonyl (C=O) groups is 1. The summed E-state index contributed by atoms with van der Waals surface area (Å²) >= 11 is 3.69. The summed E-state index contributed by atoms with van der Waals surface area (Å²) in [4.78, 5) is 21.8. The van der Waals surface area contributed by atoms with Gasteiger partial charge in [-0.05, 0) is 19.9 Å².